The summed E-state index contributed by atoms with van der Waals surface area (Å²) in [6.07, 6.45) is 3.10. The van der Waals surface area contributed by atoms with E-state index in [0.717, 1.165) is 36.9 Å². The number of allylic oxidation sites excluding steroid dienone is 4. The lowest BCUT2D eigenvalue weighted by Crippen LogP contribution is -2.28. The van der Waals surface area contributed by atoms with Crippen molar-refractivity contribution in [3.8, 4) is 0 Å². The van der Waals surface area contributed by atoms with Crippen molar-refractivity contribution in [2.75, 3.05) is 31.9 Å². The van der Waals surface area contributed by atoms with E-state index in [0.29, 0.717) is 0 Å². The van der Waals surface area contributed by atoms with Crippen LogP contribution in [0.4, 0.5) is 0 Å². The van der Waals surface area contributed by atoms with Gasteiger partial charge in [-0.3, -0.25) is 0 Å². The van der Waals surface area contributed by atoms with E-state index in [9.17, 15) is 0 Å². The molecule has 158 valence electrons. The van der Waals surface area contributed by atoms with Crippen molar-refractivity contribution in [3.63, 3.8) is 0 Å². The second kappa shape index (κ2) is 8.97. The van der Waals surface area contributed by atoms with Crippen LogP contribution in [-0.4, -0.2) is 31.9 Å². The Hall–Kier alpha value is -1.43. The van der Waals surface area contributed by atoms with Crippen LogP contribution in [0.1, 0.15) is 37.3 Å². The van der Waals surface area contributed by atoms with E-state index in [-0.39, 0.29) is 10.8 Å². The Bertz CT molecular complexity index is 939. The quantitative estimate of drug-likeness (QED) is 0.299. The summed E-state index contributed by atoms with van der Waals surface area (Å²) in [5, 5.41) is 0. The largest absolute Gasteiger partial charge is 0.384 e. The average Bonchev–Trinajstić information content (AvgIpc) is 3.13. The van der Waals surface area contributed by atoms with E-state index in [1.807, 2.05) is 14.2 Å². The Kier molecular flexibility index (Phi) is 6.52. The summed E-state index contributed by atoms with van der Waals surface area (Å²) in [7, 11) is 3.63. The van der Waals surface area contributed by atoms with E-state index in [1.54, 1.807) is 0 Å². The van der Waals surface area contributed by atoms with Gasteiger partial charge in [0.15, 0.2) is 0 Å². The van der Waals surface area contributed by atoms with Crippen LogP contribution < -0.4 is 0 Å². The first-order valence-corrected chi connectivity index (χ1v) is 12.2. The highest BCUT2D eigenvalue weighted by molar-refractivity contribution is 14.1. The van der Waals surface area contributed by atoms with E-state index < -0.39 is 0 Å². The fourth-order valence-corrected chi connectivity index (χ4v) is 6.17. The average molecular weight is 514 g/mol. The molecule has 0 amide bonds. The van der Waals surface area contributed by atoms with Gasteiger partial charge in [0.2, 0.25) is 0 Å². The van der Waals surface area contributed by atoms with Gasteiger partial charge in [-0.05, 0) is 52.7 Å². The number of benzene rings is 2. The first-order valence-electron chi connectivity index (χ1n) is 10.7. The summed E-state index contributed by atoms with van der Waals surface area (Å²) < 4.78 is 12.5. The molecule has 0 spiro atoms. The van der Waals surface area contributed by atoms with E-state index in [1.165, 1.54) is 33.4 Å². The lowest BCUT2D eigenvalue weighted by Gasteiger charge is -2.39. The van der Waals surface area contributed by atoms with Crippen molar-refractivity contribution in [1.82, 2.24) is 0 Å². The van der Waals surface area contributed by atoms with E-state index >= 15 is 0 Å². The summed E-state index contributed by atoms with van der Waals surface area (Å²) in [4.78, 5) is 0. The number of ether oxygens (including phenoxy) is 2. The second-order valence-corrected chi connectivity index (χ2v) is 9.90. The highest BCUT2D eigenvalue weighted by atomic mass is 127. The summed E-state index contributed by atoms with van der Waals surface area (Å²) in [6, 6.07) is 22.0. The minimum absolute atomic E-state index is 0.00471. The van der Waals surface area contributed by atoms with Crippen molar-refractivity contribution in [2.45, 2.75) is 26.2 Å². The first-order chi connectivity index (χ1) is 14.6. The number of rotatable bonds is 7. The van der Waals surface area contributed by atoms with E-state index in [2.05, 4.69) is 90.2 Å². The fourth-order valence-electron chi connectivity index (χ4n) is 5.52. The molecule has 0 N–H and O–H groups in total. The van der Waals surface area contributed by atoms with Crippen molar-refractivity contribution in [1.29, 1.82) is 0 Å². The molecule has 2 aromatic rings. The molecule has 2 nitrogen and oxygen atoms in total. The molecular weight excluding hydrogens is 483 g/mol. The fraction of sp³-hybridized carbons (Fsp3) is 0.407. The van der Waals surface area contributed by atoms with E-state index in [4.69, 9.17) is 9.47 Å². The SMILES string of the molecule is COCC1(COC)CC2=C(c3ccccc3)CC(C)(CI)C(c3ccccc3)=C2C1. The number of halogens is 1. The van der Waals surface area contributed by atoms with Crippen molar-refractivity contribution >= 4 is 33.7 Å². The standard InChI is InChI=1S/C27H31IO2/c1-26(17-28)14-22(20-10-6-4-7-11-20)23-15-27(18-29-2,19-30-3)16-24(23)25(26)21-12-8-5-9-13-21/h4-13H,14-19H2,1-3H3. The Morgan fingerprint density at radius 2 is 1.27 bits per heavy atom. The maximum Gasteiger partial charge on any atom is 0.0547 e. The van der Waals surface area contributed by atoms with Crippen LogP contribution in [0.25, 0.3) is 11.1 Å². The topological polar surface area (TPSA) is 18.5 Å². The van der Waals surface area contributed by atoms with Crippen molar-refractivity contribution in [3.05, 3.63) is 82.9 Å². The summed E-state index contributed by atoms with van der Waals surface area (Å²) >= 11 is 2.58. The molecule has 2 aromatic carbocycles. The monoisotopic (exact) mass is 514 g/mol. The van der Waals surface area contributed by atoms with Crippen molar-refractivity contribution in [2.24, 2.45) is 10.8 Å². The Morgan fingerprint density at radius 1 is 0.733 bits per heavy atom. The zero-order valence-corrected chi connectivity index (χ0v) is 20.4. The minimum atomic E-state index is 0.00471. The molecule has 1 atom stereocenters. The summed E-state index contributed by atoms with van der Waals surface area (Å²) in [5.74, 6) is 0. The molecule has 0 aliphatic heterocycles. The molecular formula is C27H31IO2. The van der Waals surface area contributed by atoms with Crippen LogP contribution >= 0.6 is 22.6 Å². The van der Waals surface area contributed by atoms with Crippen LogP contribution in [0.3, 0.4) is 0 Å². The van der Waals surface area contributed by atoms with Gasteiger partial charge < -0.3 is 9.47 Å². The normalized spacial score (nSPS) is 23.1. The first kappa shape index (κ1) is 21.8. The van der Waals surface area contributed by atoms with Crippen molar-refractivity contribution < 1.29 is 9.47 Å². The van der Waals surface area contributed by atoms with Gasteiger partial charge >= 0.3 is 0 Å². The molecule has 2 aliphatic rings. The minimum Gasteiger partial charge on any atom is -0.384 e. The maximum atomic E-state index is 5.72. The molecule has 0 radical (unpaired) electrons. The predicted molar refractivity (Wildman–Crippen MR) is 134 cm³/mol. The van der Waals surface area contributed by atoms with Crippen LogP contribution in [-0.2, 0) is 9.47 Å². The van der Waals surface area contributed by atoms with Crippen LogP contribution in [0.15, 0.2) is 71.8 Å². The Morgan fingerprint density at radius 3 is 1.80 bits per heavy atom. The zero-order chi connectivity index (χ0) is 21.2. The lowest BCUT2D eigenvalue weighted by atomic mass is 9.67. The second-order valence-electron chi connectivity index (χ2n) is 9.13. The van der Waals surface area contributed by atoms with Gasteiger partial charge in [-0.15, -0.1) is 0 Å². The van der Waals surface area contributed by atoms with Crippen LogP contribution in [0.2, 0.25) is 0 Å². The molecule has 1 unspecified atom stereocenters. The lowest BCUT2D eigenvalue weighted by molar-refractivity contribution is 0.0190. The number of fused-ring (bicyclic) bond motifs is 1. The molecule has 1 saturated carbocycles. The highest BCUT2D eigenvalue weighted by Gasteiger charge is 2.47. The predicted octanol–water partition coefficient (Wildman–Crippen LogP) is 6.81. The molecule has 0 bridgehead atoms. The summed E-state index contributed by atoms with van der Waals surface area (Å²) in [6.45, 7) is 3.89. The Labute approximate surface area is 194 Å². The van der Waals surface area contributed by atoms with Gasteiger partial charge in [-0.25, -0.2) is 0 Å². The number of hydrogen-bond donors (Lipinski definition) is 0. The molecule has 0 heterocycles. The number of alkyl halides is 1. The third-order valence-electron chi connectivity index (χ3n) is 6.69. The number of methoxy groups -OCH3 is 2. The van der Waals surface area contributed by atoms with Gasteiger partial charge in [-0.1, -0.05) is 90.2 Å². The van der Waals surface area contributed by atoms with Crippen LogP contribution in [0, 0.1) is 10.8 Å². The molecule has 30 heavy (non-hydrogen) atoms. The summed E-state index contributed by atoms with van der Waals surface area (Å²) in [5.41, 5.74) is 8.92. The molecule has 2 aliphatic carbocycles. The zero-order valence-electron chi connectivity index (χ0n) is 18.2. The molecule has 4 rings (SSSR count). The van der Waals surface area contributed by atoms with Gasteiger partial charge in [0.25, 0.3) is 0 Å². The van der Waals surface area contributed by atoms with Gasteiger partial charge in [0.05, 0.1) is 13.2 Å². The maximum absolute atomic E-state index is 5.72. The number of hydrogen-bond acceptors (Lipinski definition) is 2. The van der Waals surface area contributed by atoms with Gasteiger partial charge in [0, 0.05) is 29.5 Å². The highest BCUT2D eigenvalue weighted by Crippen LogP contribution is 2.59. The Balaban J connectivity index is 1.98. The molecule has 0 saturated heterocycles. The molecule has 1 fully saturated rings. The third-order valence-corrected chi connectivity index (χ3v) is 8.37. The van der Waals surface area contributed by atoms with Crippen LogP contribution in [0.5, 0.6) is 0 Å². The van der Waals surface area contributed by atoms with Gasteiger partial charge in [-0.2, -0.15) is 0 Å². The molecule has 3 heteroatoms. The smallest absolute Gasteiger partial charge is 0.0547 e. The third kappa shape index (κ3) is 3.92. The molecule has 0 aromatic heterocycles. The van der Waals surface area contributed by atoms with Gasteiger partial charge in [0.1, 0.15) is 0 Å².